The molecule has 0 saturated carbocycles. The van der Waals surface area contributed by atoms with Gasteiger partial charge in [0, 0.05) is 13.1 Å². The molecule has 1 amide bonds. The minimum atomic E-state index is 0.208. The average Bonchev–Trinajstić information content (AvgIpc) is 2.26. The molecule has 0 aromatic heterocycles. The second-order valence-electron chi connectivity index (χ2n) is 3.70. The van der Waals surface area contributed by atoms with Crippen molar-refractivity contribution in [1.82, 2.24) is 4.90 Å². The highest BCUT2D eigenvalue weighted by molar-refractivity contribution is 5.47. The zero-order chi connectivity index (χ0) is 10.4. The SMILES string of the molecule is C#CCOC(C)C1CCN(C=O)CC1. The maximum Gasteiger partial charge on any atom is 0.209 e. The van der Waals surface area contributed by atoms with Gasteiger partial charge in [0.25, 0.3) is 0 Å². The molecule has 1 atom stereocenters. The van der Waals surface area contributed by atoms with Crippen molar-refractivity contribution in [3.05, 3.63) is 0 Å². The predicted octanol–water partition coefficient (Wildman–Crippen LogP) is 0.893. The molecular formula is C11H17NO2. The molecule has 1 unspecified atom stereocenters. The van der Waals surface area contributed by atoms with Gasteiger partial charge >= 0.3 is 0 Å². The Morgan fingerprint density at radius 3 is 2.79 bits per heavy atom. The van der Waals surface area contributed by atoms with Crippen molar-refractivity contribution in [2.24, 2.45) is 5.92 Å². The lowest BCUT2D eigenvalue weighted by Gasteiger charge is -2.32. The molecule has 0 spiro atoms. The number of carbonyl (C=O) groups excluding carboxylic acids is 1. The highest BCUT2D eigenvalue weighted by atomic mass is 16.5. The van der Waals surface area contributed by atoms with E-state index in [1.807, 2.05) is 4.90 Å². The van der Waals surface area contributed by atoms with E-state index >= 15 is 0 Å². The molecule has 1 fully saturated rings. The Kier molecular flexibility index (Phi) is 4.48. The van der Waals surface area contributed by atoms with Crippen LogP contribution in [0.2, 0.25) is 0 Å². The maximum absolute atomic E-state index is 10.5. The predicted molar refractivity (Wildman–Crippen MR) is 54.6 cm³/mol. The zero-order valence-corrected chi connectivity index (χ0v) is 8.61. The summed E-state index contributed by atoms with van der Waals surface area (Å²) in [6, 6.07) is 0. The number of piperidine rings is 1. The number of ether oxygens (including phenoxy) is 1. The Balaban J connectivity index is 2.27. The Morgan fingerprint density at radius 2 is 2.29 bits per heavy atom. The first-order chi connectivity index (χ1) is 6.77. The van der Waals surface area contributed by atoms with Gasteiger partial charge in [-0.25, -0.2) is 0 Å². The first kappa shape index (κ1) is 11.1. The molecule has 14 heavy (non-hydrogen) atoms. The van der Waals surface area contributed by atoms with Gasteiger partial charge in [0.1, 0.15) is 6.61 Å². The largest absolute Gasteiger partial charge is 0.366 e. The van der Waals surface area contributed by atoms with Crippen LogP contribution < -0.4 is 0 Å². The van der Waals surface area contributed by atoms with Crippen LogP contribution in [-0.4, -0.2) is 37.1 Å². The van der Waals surface area contributed by atoms with Crippen molar-refractivity contribution in [3.8, 4) is 12.3 Å². The molecule has 0 aromatic carbocycles. The summed E-state index contributed by atoms with van der Waals surface area (Å²) >= 11 is 0. The fourth-order valence-corrected chi connectivity index (χ4v) is 1.81. The molecule has 0 bridgehead atoms. The zero-order valence-electron chi connectivity index (χ0n) is 8.61. The summed E-state index contributed by atoms with van der Waals surface area (Å²) in [6.07, 6.45) is 8.29. The molecule has 0 radical (unpaired) electrons. The van der Waals surface area contributed by atoms with Gasteiger partial charge in [-0.2, -0.15) is 0 Å². The van der Waals surface area contributed by atoms with Crippen molar-refractivity contribution in [2.75, 3.05) is 19.7 Å². The summed E-state index contributed by atoms with van der Waals surface area (Å²) in [5.74, 6) is 3.01. The van der Waals surface area contributed by atoms with Gasteiger partial charge in [-0.05, 0) is 25.7 Å². The van der Waals surface area contributed by atoms with E-state index in [2.05, 4.69) is 12.8 Å². The summed E-state index contributed by atoms with van der Waals surface area (Å²) < 4.78 is 5.46. The fraction of sp³-hybridized carbons (Fsp3) is 0.727. The number of amides is 1. The summed E-state index contributed by atoms with van der Waals surface area (Å²) in [6.45, 7) is 4.13. The molecule has 0 aliphatic carbocycles. The Bertz CT molecular complexity index is 214. The van der Waals surface area contributed by atoms with E-state index in [1.54, 1.807) is 0 Å². The number of likely N-dealkylation sites (tertiary alicyclic amines) is 1. The smallest absolute Gasteiger partial charge is 0.209 e. The molecule has 0 aromatic rings. The minimum Gasteiger partial charge on any atom is -0.366 e. The normalized spacial score (nSPS) is 20.1. The van der Waals surface area contributed by atoms with Gasteiger partial charge in [0.05, 0.1) is 6.10 Å². The van der Waals surface area contributed by atoms with Crippen molar-refractivity contribution >= 4 is 6.41 Å². The van der Waals surface area contributed by atoms with E-state index in [1.165, 1.54) is 0 Å². The number of hydrogen-bond acceptors (Lipinski definition) is 2. The third-order valence-corrected chi connectivity index (χ3v) is 2.82. The topological polar surface area (TPSA) is 29.5 Å². The van der Waals surface area contributed by atoms with Gasteiger partial charge in [0.2, 0.25) is 6.41 Å². The second kappa shape index (κ2) is 5.66. The van der Waals surface area contributed by atoms with E-state index in [0.29, 0.717) is 12.5 Å². The van der Waals surface area contributed by atoms with E-state index < -0.39 is 0 Å². The maximum atomic E-state index is 10.5. The average molecular weight is 195 g/mol. The Hall–Kier alpha value is -1.01. The highest BCUT2D eigenvalue weighted by Crippen LogP contribution is 2.21. The fourth-order valence-electron chi connectivity index (χ4n) is 1.81. The van der Waals surface area contributed by atoms with Crippen LogP contribution in [0, 0.1) is 18.3 Å². The number of nitrogens with zero attached hydrogens (tertiary/aromatic N) is 1. The first-order valence-corrected chi connectivity index (χ1v) is 5.02. The summed E-state index contributed by atoms with van der Waals surface area (Å²) in [7, 11) is 0. The molecule has 1 aliphatic rings. The number of carbonyl (C=O) groups is 1. The monoisotopic (exact) mass is 195 g/mol. The molecule has 1 aliphatic heterocycles. The molecule has 3 heteroatoms. The van der Waals surface area contributed by atoms with Gasteiger partial charge in [-0.15, -0.1) is 6.42 Å². The summed E-state index contributed by atoms with van der Waals surface area (Å²) in [4.78, 5) is 12.3. The molecule has 3 nitrogen and oxygen atoms in total. The van der Waals surface area contributed by atoms with Crippen LogP contribution in [0.1, 0.15) is 19.8 Å². The Labute approximate surface area is 85.4 Å². The van der Waals surface area contributed by atoms with Gasteiger partial charge < -0.3 is 9.64 Å². The van der Waals surface area contributed by atoms with Crippen LogP contribution >= 0.6 is 0 Å². The summed E-state index contributed by atoms with van der Waals surface area (Å²) in [5.41, 5.74) is 0. The van der Waals surface area contributed by atoms with E-state index in [-0.39, 0.29) is 6.10 Å². The molecule has 1 saturated heterocycles. The third-order valence-electron chi connectivity index (χ3n) is 2.82. The molecule has 1 heterocycles. The van der Waals surface area contributed by atoms with E-state index in [0.717, 1.165) is 32.3 Å². The highest BCUT2D eigenvalue weighted by Gasteiger charge is 2.23. The van der Waals surface area contributed by atoms with Crippen LogP contribution in [-0.2, 0) is 9.53 Å². The third kappa shape index (κ3) is 3.04. The first-order valence-electron chi connectivity index (χ1n) is 5.02. The molecular weight excluding hydrogens is 178 g/mol. The van der Waals surface area contributed by atoms with E-state index in [9.17, 15) is 4.79 Å². The number of terminal acetylenes is 1. The van der Waals surface area contributed by atoms with Gasteiger partial charge in [0.15, 0.2) is 0 Å². The van der Waals surface area contributed by atoms with Crippen molar-refractivity contribution in [1.29, 1.82) is 0 Å². The van der Waals surface area contributed by atoms with Crippen molar-refractivity contribution in [3.63, 3.8) is 0 Å². The minimum absolute atomic E-state index is 0.208. The van der Waals surface area contributed by atoms with Crippen LogP contribution in [0.4, 0.5) is 0 Å². The molecule has 78 valence electrons. The van der Waals surface area contributed by atoms with Gasteiger partial charge in [-0.3, -0.25) is 4.79 Å². The van der Waals surface area contributed by atoms with Crippen LogP contribution in [0.5, 0.6) is 0 Å². The van der Waals surface area contributed by atoms with Crippen LogP contribution in [0.25, 0.3) is 0 Å². The number of hydrogen-bond donors (Lipinski definition) is 0. The Morgan fingerprint density at radius 1 is 1.64 bits per heavy atom. The number of rotatable bonds is 4. The van der Waals surface area contributed by atoms with Crippen LogP contribution in [0.3, 0.4) is 0 Å². The second-order valence-corrected chi connectivity index (χ2v) is 3.70. The standard InChI is InChI=1S/C11H17NO2/c1-3-8-14-10(2)11-4-6-12(9-13)7-5-11/h1,9-11H,4-8H2,2H3. The van der Waals surface area contributed by atoms with Crippen molar-refractivity contribution in [2.45, 2.75) is 25.9 Å². The lowest BCUT2D eigenvalue weighted by Crippen LogP contribution is -2.36. The molecule has 1 rings (SSSR count). The van der Waals surface area contributed by atoms with E-state index in [4.69, 9.17) is 11.2 Å². The lowest BCUT2D eigenvalue weighted by atomic mass is 9.92. The van der Waals surface area contributed by atoms with Crippen LogP contribution in [0.15, 0.2) is 0 Å². The quantitative estimate of drug-likeness (QED) is 0.492. The molecule has 0 N–H and O–H groups in total. The van der Waals surface area contributed by atoms with Gasteiger partial charge in [-0.1, -0.05) is 5.92 Å². The lowest BCUT2D eigenvalue weighted by molar-refractivity contribution is -0.120. The van der Waals surface area contributed by atoms with Crippen molar-refractivity contribution < 1.29 is 9.53 Å². The summed E-state index contributed by atoms with van der Waals surface area (Å²) in [5, 5.41) is 0.